The number of rotatable bonds is 5. The van der Waals surface area contributed by atoms with Gasteiger partial charge in [-0.2, -0.15) is 5.26 Å². The van der Waals surface area contributed by atoms with Gasteiger partial charge in [0.05, 0.1) is 16.7 Å². The number of nitriles is 1. The number of halogens is 1. The van der Waals surface area contributed by atoms with Crippen LogP contribution in [-0.2, 0) is 11.4 Å². The minimum absolute atomic E-state index is 0.230. The van der Waals surface area contributed by atoms with E-state index in [-0.39, 0.29) is 6.61 Å². The molecule has 1 N–H and O–H groups in total. The van der Waals surface area contributed by atoms with E-state index in [1.165, 1.54) is 6.08 Å². The molecule has 4 nitrogen and oxygen atoms in total. The van der Waals surface area contributed by atoms with E-state index in [1.54, 1.807) is 30.3 Å². The molecule has 0 amide bonds. The van der Waals surface area contributed by atoms with Crippen LogP contribution in [0.25, 0.3) is 6.08 Å². The number of carboxylic acids is 1. The number of carboxylic acid groups (broad SMARTS) is 1. The molecular formula is C17H12ClNO3. The zero-order valence-electron chi connectivity index (χ0n) is 11.5. The third-order valence-electron chi connectivity index (χ3n) is 2.90. The fraction of sp³-hybridized carbons (Fsp3) is 0.0588. The fourth-order valence-electron chi connectivity index (χ4n) is 1.82. The lowest BCUT2D eigenvalue weighted by Crippen LogP contribution is -1.98. The SMILES string of the molecule is N#Cc1ccccc1COc1ccc(/C=C/C(=O)O)cc1Cl. The average molecular weight is 314 g/mol. The number of hydrogen-bond donors (Lipinski definition) is 1. The van der Waals surface area contributed by atoms with E-state index in [9.17, 15) is 4.79 Å². The smallest absolute Gasteiger partial charge is 0.328 e. The lowest BCUT2D eigenvalue weighted by Gasteiger charge is -2.09. The van der Waals surface area contributed by atoms with Crippen LogP contribution in [0, 0.1) is 11.3 Å². The Bertz CT molecular complexity index is 763. The van der Waals surface area contributed by atoms with Gasteiger partial charge >= 0.3 is 5.97 Å². The Morgan fingerprint density at radius 1 is 1.32 bits per heavy atom. The van der Waals surface area contributed by atoms with Crippen LogP contribution >= 0.6 is 11.6 Å². The molecular weight excluding hydrogens is 302 g/mol. The van der Waals surface area contributed by atoms with Crippen molar-refractivity contribution in [2.75, 3.05) is 0 Å². The van der Waals surface area contributed by atoms with Gasteiger partial charge in [0, 0.05) is 11.6 Å². The maximum Gasteiger partial charge on any atom is 0.328 e. The summed E-state index contributed by atoms with van der Waals surface area (Å²) in [6, 6.07) is 14.3. The molecule has 2 rings (SSSR count). The zero-order chi connectivity index (χ0) is 15.9. The van der Waals surface area contributed by atoms with Gasteiger partial charge in [-0.1, -0.05) is 35.9 Å². The van der Waals surface area contributed by atoms with Crippen LogP contribution in [0.15, 0.2) is 48.5 Å². The summed E-state index contributed by atoms with van der Waals surface area (Å²) < 4.78 is 5.62. The summed E-state index contributed by atoms with van der Waals surface area (Å²) in [5.74, 6) is -0.550. The summed E-state index contributed by atoms with van der Waals surface area (Å²) in [6.07, 6.45) is 2.48. The monoisotopic (exact) mass is 313 g/mol. The van der Waals surface area contributed by atoms with Gasteiger partial charge in [0.25, 0.3) is 0 Å². The predicted octanol–water partition coefficient (Wildman–Crippen LogP) is 3.89. The first kappa shape index (κ1) is 15.6. The van der Waals surface area contributed by atoms with Crippen molar-refractivity contribution in [3.05, 3.63) is 70.3 Å². The fourth-order valence-corrected chi connectivity index (χ4v) is 2.06. The third-order valence-corrected chi connectivity index (χ3v) is 3.19. The van der Waals surface area contributed by atoms with E-state index in [0.29, 0.717) is 21.9 Å². The molecule has 2 aromatic carbocycles. The minimum Gasteiger partial charge on any atom is -0.487 e. The lowest BCUT2D eigenvalue weighted by atomic mass is 10.1. The highest BCUT2D eigenvalue weighted by Gasteiger charge is 2.05. The van der Waals surface area contributed by atoms with Crippen molar-refractivity contribution in [3.8, 4) is 11.8 Å². The normalized spacial score (nSPS) is 10.4. The van der Waals surface area contributed by atoms with Crippen molar-refractivity contribution in [1.29, 1.82) is 5.26 Å². The number of nitrogens with zero attached hydrogens (tertiary/aromatic N) is 1. The van der Waals surface area contributed by atoms with Crippen molar-refractivity contribution in [3.63, 3.8) is 0 Å². The molecule has 0 aliphatic carbocycles. The third kappa shape index (κ3) is 4.11. The van der Waals surface area contributed by atoms with Crippen LogP contribution in [0.4, 0.5) is 0 Å². The van der Waals surface area contributed by atoms with Crippen molar-refractivity contribution < 1.29 is 14.6 Å². The second-order valence-electron chi connectivity index (χ2n) is 4.42. The Labute approximate surface area is 132 Å². The molecule has 0 fully saturated rings. The quantitative estimate of drug-likeness (QED) is 0.850. The Morgan fingerprint density at radius 2 is 2.09 bits per heavy atom. The van der Waals surface area contributed by atoms with Crippen LogP contribution in [0.1, 0.15) is 16.7 Å². The number of hydrogen-bond acceptors (Lipinski definition) is 3. The Kier molecular flexibility index (Phi) is 5.18. The summed E-state index contributed by atoms with van der Waals surface area (Å²) in [7, 11) is 0. The number of ether oxygens (including phenoxy) is 1. The standard InChI is InChI=1S/C17H12ClNO3/c18-15-9-12(6-8-17(20)21)5-7-16(15)22-11-14-4-2-1-3-13(14)10-19/h1-9H,11H2,(H,20,21)/b8-6+. The van der Waals surface area contributed by atoms with Gasteiger partial charge in [-0.25, -0.2) is 4.79 Å². The highest BCUT2D eigenvalue weighted by molar-refractivity contribution is 6.32. The average Bonchev–Trinajstić information content (AvgIpc) is 2.52. The first-order valence-corrected chi connectivity index (χ1v) is 6.79. The summed E-state index contributed by atoms with van der Waals surface area (Å²) in [5, 5.41) is 18.0. The van der Waals surface area contributed by atoms with Crippen molar-refractivity contribution >= 4 is 23.6 Å². The number of aliphatic carboxylic acids is 1. The molecule has 0 saturated heterocycles. The number of benzene rings is 2. The molecule has 0 bridgehead atoms. The summed E-state index contributed by atoms with van der Waals surface area (Å²) >= 11 is 6.11. The van der Waals surface area contributed by atoms with Crippen molar-refractivity contribution in [2.24, 2.45) is 0 Å². The van der Waals surface area contributed by atoms with Gasteiger partial charge in [-0.3, -0.25) is 0 Å². The second kappa shape index (κ2) is 7.30. The first-order valence-electron chi connectivity index (χ1n) is 6.41. The molecule has 0 aliphatic rings. The Morgan fingerprint density at radius 3 is 2.77 bits per heavy atom. The largest absolute Gasteiger partial charge is 0.487 e. The predicted molar refractivity (Wildman–Crippen MR) is 83.6 cm³/mol. The maximum absolute atomic E-state index is 10.5. The van der Waals surface area contributed by atoms with Crippen molar-refractivity contribution in [2.45, 2.75) is 6.61 Å². The minimum atomic E-state index is -1.02. The van der Waals surface area contributed by atoms with Gasteiger partial charge in [0.2, 0.25) is 0 Å². The molecule has 0 unspecified atom stereocenters. The number of carbonyl (C=O) groups is 1. The van der Waals surface area contributed by atoms with E-state index < -0.39 is 5.97 Å². The Balaban J connectivity index is 2.11. The molecule has 0 radical (unpaired) electrons. The van der Waals surface area contributed by atoms with Gasteiger partial charge in [-0.05, 0) is 29.8 Å². The molecule has 0 aromatic heterocycles. The van der Waals surface area contributed by atoms with Crippen LogP contribution in [0.2, 0.25) is 5.02 Å². The van der Waals surface area contributed by atoms with E-state index in [4.69, 9.17) is 26.7 Å². The molecule has 2 aromatic rings. The van der Waals surface area contributed by atoms with Crippen LogP contribution in [0.3, 0.4) is 0 Å². The van der Waals surface area contributed by atoms with Crippen LogP contribution < -0.4 is 4.74 Å². The molecule has 22 heavy (non-hydrogen) atoms. The lowest BCUT2D eigenvalue weighted by molar-refractivity contribution is -0.131. The zero-order valence-corrected chi connectivity index (χ0v) is 12.2. The molecule has 0 saturated carbocycles. The van der Waals surface area contributed by atoms with Gasteiger partial charge in [-0.15, -0.1) is 0 Å². The molecule has 0 heterocycles. The molecule has 0 aliphatic heterocycles. The first-order chi connectivity index (χ1) is 10.6. The van der Waals surface area contributed by atoms with E-state index >= 15 is 0 Å². The molecule has 110 valence electrons. The highest BCUT2D eigenvalue weighted by atomic mass is 35.5. The van der Waals surface area contributed by atoms with E-state index in [2.05, 4.69) is 6.07 Å². The topological polar surface area (TPSA) is 70.3 Å². The highest BCUT2D eigenvalue weighted by Crippen LogP contribution is 2.27. The molecule has 0 spiro atoms. The second-order valence-corrected chi connectivity index (χ2v) is 4.83. The summed E-state index contributed by atoms with van der Waals surface area (Å²) in [5.41, 5.74) is 1.99. The molecule has 5 heteroatoms. The van der Waals surface area contributed by atoms with E-state index in [0.717, 1.165) is 11.6 Å². The van der Waals surface area contributed by atoms with Crippen molar-refractivity contribution in [1.82, 2.24) is 0 Å². The molecule has 0 atom stereocenters. The Hall–Kier alpha value is -2.77. The van der Waals surface area contributed by atoms with Gasteiger partial charge in [0.15, 0.2) is 0 Å². The van der Waals surface area contributed by atoms with Gasteiger partial charge < -0.3 is 9.84 Å². The summed E-state index contributed by atoms with van der Waals surface area (Å²) in [4.78, 5) is 10.5. The maximum atomic E-state index is 10.5. The van der Waals surface area contributed by atoms with Gasteiger partial charge in [0.1, 0.15) is 12.4 Å². The van der Waals surface area contributed by atoms with Crippen LogP contribution in [-0.4, -0.2) is 11.1 Å². The summed E-state index contributed by atoms with van der Waals surface area (Å²) in [6.45, 7) is 0.230. The van der Waals surface area contributed by atoms with Crippen LogP contribution in [0.5, 0.6) is 5.75 Å². The van der Waals surface area contributed by atoms with E-state index in [1.807, 2.05) is 12.1 Å².